The highest BCUT2D eigenvalue weighted by molar-refractivity contribution is 9.10. The molecule has 0 saturated heterocycles. The fourth-order valence-electron chi connectivity index (χ4n) is 0.949. The third-order valence-corrected chi connectivity index (χ3v) is 2.42. The molecule has 13 heavy (non-hydrogen) atoms. The van der Waals surface area contributed by atoms with E-state index >= 15 is 0 Å². The van der Waals surface area contributed by atoms with Crippen LogP contribution in [-0.4, -0.2) is 5.78 Å². The second-order valence-electron chi connectivity index (χ2n) is 2.53. The second kappa shape index (κ2) is 3.96. The monoisotopic (exact) mass is 248 g/mol. The number of hydrogen-bond donors (Lipinski definition) is 0. The minimum atomic E-state index is -0.753. The number of carbonyl (C=O) groups excluding carboxylic acids is 1. The van der Waals surface area contributed by atoms with E-state index in [-0.39, 0.29) is 22.2 Å². The van der Waals surface area contributed by atoms with Crippen molar-refractivity contribution in [3.63, 3.8) is 0 Å². The van der Waals surface area contributed by atoms with Crippen LogP contribution in [0.4, 0.5) is 8.78 Å². The molecule has 0 bridgehead atoms. The third-order valence-electron chi connectivity index (χ3n) is 1.61. The lowest BCUT2D eigenvalue weighted by atomic mass is 10.1. The normalized spacial score (nSPS) is 10.2. The standard InChI is InChI=1S/C9H7BrF2O/c1-2-8(13)6-3-5(11)4-7(12)9(6)10/h3-4H,2H2,1H3. The van der Waals surface area contributed by atoms with Gasteiger partial charge in [-0.3, -0.25) is 4.79 Å². The fraction of sp³-hybridized carbons (Fsp3) is 0.222. The molecule has 0 unspecified atom stereocenters. The molecule has 0 spiro atoms. The van der Waals surface area contributed by atoms with Crippen LogP contribution in [0.2, 0.25) is 0 Å². The van der Waals surface area contributed by atoms with Crippen LogP contribution in [0.5, 0.6) is 0 Å². The number of halogens is 3. The Bertz CT molecular complexity index is 350. The van der Waals surface area contributed by atoms with Gasteiger partial charge in [0.1, 0.15) is 11.6 Å². The number of benzene rings is 1. The van der Waals surface area contributed by atoms with Crippen molar-refractivity contribution in [2.75, 3.05) is 0 Å². The Morgan fingerprint density at radius 3 is 2.62 bits per heavy atom. The molecule has 1 aromatic carbocycles. The number of hydrogen-bond acceptors (Lipinski definition) is 1. The predicted molar refractivity (Wildman–Crippen MR) is 48.7 cm³/mol. The van der Waals surface area contributed by atoms with E-state index in [0.29, 0.717) is 0 Å². The van der Waals surface area contributed by atoms with E-state index in [1.54, 1.807) is 6.92 Å². The minimum Gasteiger partial charge on any atom is -0.294 e. The highest BCUT2D eigenvalue weighted by Gasteiger charge is 2.13. The summed E-state index contributed by atoms with van der Waals surface area (Å²) < 4.78 is 25.6. The van der Waals surface area contributed by atoms with Gasteiger partial charge in [0.2, 0.25) is 0 Å². The van der Waals surface area contributed by atoms with Crippen molar-refractivity contribution in [2.24, 2.45) is 0 Å². The van der Waals surface area contributed by atoms with Crippen LogP contribution < -0.4 is 0 Å². The van der Waals surface area contributed by atoms with Crippen molar-refractivity contribution in [1.29, 1.82) is 0 Å². The molecule has 1 nitrogen and oxygen atoms in total. The zero-order valence-electron chi connectivity index (χ0n) is 6.90. The summed E-state index contributed by atoms with van der Waals surface area (Å²) >= 11 is 2.89. The van der Waals surface area contributed by atoms with Gasteiger partial charge in [-0.25, -0.2) is 8.78 Å². The number of carbonyl (C=O) groups is 1. The summed E-state index contributed by atoms with van der Waals surface area (Å²) in [4.78, 5) is 11.2. The maximum Gasteiger partial charge on any atom is 0.163 e. The summed E-state index contributed by atoms with van der Waals surface area (Å²) in [5, 5.41) is 0. The fourth-order valence-corrected chi connectivity index (χ4v) is 1.40. The Labute approximate surface area is 82.9 Å². The highest BCUT2D eigenvalue weighted by Crippen LogP contribution is 2.23. The number of ketones is 1. The molecule has 70 valence electrons. The molecule has 0 amide bonds. The topological polar surface area (TPSA) is 17.1 Å². The van der Waals surface area contributed by atoms with Crippen LogP contribution in [-0.2, 0) is 0 Å². The zero-order chi connectivity index (χ0) is 10.0. The highest BCUT2D eigenvalue weighted by atomic mass is 79.9. The molecule has 0 N–H and O–H groups in total. The Morgan fingerprint density at radius 1 is 1.46 bits per heavy atom. The first-order chi connectivity index (χ1) is 6.06. The SMILES string of the molecule is CCC(=O)c1cc(F)cc(F)c1Br. The van der Waals surface area contributed by atoms with Crippen LogP contribution in [0.1, 0.15) is 23.7 Å². The molecule has 0 heterocycles. The van der Waals surface area contributed by atoms with Crippen molar-refractivity contribution in [3.05, 3.63) is 33.8 Å². The number of rotatable bonds is 2. The third kappa shape index (κ3) is 2.12. The van der Waals surface area contributed by atoms with E-state index in [0.717, 1.165) is 12.1 Å². The summed E-state index contributed by atoms with van der Waals surface area (Å²) in [5.41, 5.74) is 0.0556. The molecule has 1 aromatic rings. The van der Waals surface area contributed by atoms with E-state index in [1.165, 1.54) is 0 Å². The van der Waals surface area contributed by atoms with Crippen molar-refractivity contribution in [2.45, 2.75) is 13.3 Å². The largest absolute Gasteiger partial charge is 0.294 e. The van der Waals surface area contributed by atoms with Gasteiger partial charge < -0.3 is 0 Å². The molecule has 0 atom stereocenters. The van der Waals surface area contributed by atoms with Crippen LogP contribution in [0, 0.1) is 11.6 Å². The molecule has 0 aliphatic heterocycles. The first kappa shape index (κ1) is 10.3. The molecular weight excluding hydrogens is 242 g/mol. The van der Waals surface area contributed by atoms with Crippen molar-refractivity contribution < 1.29 is 13.6 Å². The first-order valence-electron chi connectivity index (χ1n) is 3.74. The predicted octanol–water partition coefficient (Wildman–Crippen LogP) is 3.32. The van der Waals surface area contributed by atoms with Crippen LogP contribution in [0.3, 0.4) is 0 Å². The van der Waals surface area contributed by atoms with Gasteiger partial charge in [-0.15, -0.1) is 0 Å². The van der Waals surface area contributed by atoms with E-state index in [4.69, 9.17) is 0 Å². The molecule has 4 heteroatoms. The van der Waals surface area contributed by atoms with Gasteiger partial charge in [-0.05, 0) is 22.0 Å². The Hall–Kier alpha value is -0.770. The average molecular weight is 249 g/mol. The average Bonchev–Trinajstić information content (AvgIpc) is 2.10. The lowest BCUT2D eigenvalue weighted by molar-refractivity contribution is 0.0986. The molecule has 0 saturated carbocycles. The van der Waals surface area contributed by atoms with E-state index < -0.39 is 11.6 Å². The Balaban J connectivity index is 3.28. The van der Waals surface area contributed by atoms with Gasteiger partial charge in [0.05, 0.1) is 4.47 Å². The van der Waals surface area contributed by atoms with Crippen molar-refractivity contribution >= 4 is 21.7 Å². The van der Waals surface area contributed by atoms with E-state index in [1.807, 2.05) is 0 Å². The quantitative estimate of drug-likeness (QED) is 0.580. The first-order valence-corrected chi connectivity index (χ1v) is 4.53. The molecule has 0 aliphatic carbocycles. The smallest absolute Gasteiger partial charge is 0.163 e. The van der Waals surface area contributed by atoms with Gasteiger partial charge in [-0.2, -0.15) is 0 Å². The van der Waals surface area contributed by atoms with Gasteiger partial charge >= 0.3 is 0 Å². The Morgan fingerprint density at radius 2 is 2.08 bits per heavy atom. The summed E-state index contributed by atoms with van der Waals surface area (Å²) in [7, 11) is 0. The molecular formula is C9H7BrF2O. The lowest BCUT2D eigenvalue weighted by Crippen LogP contribution is -2.00. The van der Waals surface area contributed by atoms with Crippen molar-refractivity contribution in [3.8, 4) is 0 Å². The molecule has 0 aromatic heterocycles. The lowest BCUT2D eigenvalue weighted by Gasteiger charge is -2.02. The van der Waals surface area contributed by atoms with Crippen molar-refractivity contribution in [1.82, 2.24) is 0 Å². The summed E-state index contributed by atoms with van der Waals surface area (Å²) in [5.74, 6) is -1.78. The maximum absolute atomic E-state index is 12.9. The van der Waals surface area contributed by atoms with Gasteiger partial charge in [-0.1, -0.05) is 6.92 Å². The van der Waals surface area contributed by atoms with Crippen LogP contribution in [0.15, 0.2) is 16.6 Å². The van der Waals surface area contributed by atoms with E-state index in [2.05, 4.69) is 15.9 Å². The summed E-state index contributed by atoms with van der Waals surface area (Å²) in [6, 6.07) is 1.76. The van der Waals surface area contributed by atoms with E-state index in [9.17, 15) is 13.6 Å². The molecule has 0 radical (unpaired) electrons. The molecule has 1 rings (SSSR count). The summed E-state index contributed by atoms with van der Waals surface area (Å²) in [6.07, 6.45) is 0.224. The molecule has 0 fully saturated rings. The minimum absolute atomic E-state index is 0.0285. The number of Topliss-reactive ketones (excluding diaryl/α,β-unsaturated/α-hetero) is 1. The van der Waals surface area contributed by atoms with Crippen LogP contribution >= 0.6 is 15.9 Å². The molecule has 0 aliphatic rings. The zero-order valence-corrected chi connectivity index (χ0v) is 8.49. The maximum atomic E-state index is 12.9. The van der Waals surface area contributed by atoms with Crippen LogP contribution in [0.25, 0.3) is 0 Å². The van der Waals surface area contributed by atoms with Gasteiger partial charge in [0.25, 0.3) is 0 Å². The van der Waals surface area contributed by atoms with Gasteiger partial charge in [0.15, 0.2) is 5.78 Å². The Kier molecular flexibility index (Phi) is 3.14. The van der Waals surface area contributed by atoms with Gasteiger partial charge in [0, 0.05) is 18.1 Å². The second-order valence-corrected chi connectivity index (χ2v) is 3.32. The summed E-state index contributed by atoms with van der Waals surface area (Å²) in [6.45, 7) is 1.64.